The SMILES string of the molecule is NC(N)=NCCC[C@H](NC(=O)C1(C(=O)NCCc2ccc(O)cc2)CCCC1)O[B]O. The molecule has 1 aromatic carbocycles. The molecule has 1 atom stereocenters. The zero-order valence-electron chi connectivity index (χ0n) is 17.5. The van der Waals surface area contributed by atoms with Crippen LogP contribution in [0.3, 0.4) is 0 Å². The van der Waals surface area contributed by atoms with Gasteiger partial charge in [-0.3, -0.25) is 14.6 Å². The van der Waals surface area contributed by atoms with Crippen LogP contribution in [0.1, 0.15) is 44.1 Å². The second kappa shape index (κ2) is 12.2. The Balaban J connectivity index is 1.93. The summed E-state index contributed by atoms with van der Waals surface area (Å²) in [5.74, 6) is -0.567. The summed E-state index contributed by atoms with van der Waals surface area (Å²) in [6, 6.07) is 6.76. The Kier molecular flexibility index (Phi) is 9.61. The third-order valence-corrected chi connectivity index (χ3v) is 5.40. The summed E-state index contributed by atoms with van der Waals surface area (Å²) in [6.07, 6.45) is 3.12. The summed E-state index contributed by atoms with van der Waals surface area (Å²) >= 11 is 0. The molecular weight excluding hydrogens is 401 g/mol. The van der Waals surface area contributed by atoms with E-state index in [-0.39, 0.29) is 17.6 Å². The van der Waals surface area contributed by atoms with Gasteiger partial charge in [0.05, 0.1) is 0 Å². The minimum absolute atomic E-state index is 0.0240. The number of aliphatic imine (C=N–C) groups is 1. The summed E-state index contributed by atoms with van der Waals surface area (Å²) in [5.41, 5.74) is 10.4. The second-order valence-electron chi connectivity index (χ2n) is 7.61. The lowest BCUT2D eigenvalue weighted by molar-refractivity contribution is -0.145. The van der Waals surface area contributed by atoms with Crippen LogP contribution in [0.15, 0.2) is 29.3 Å². The topological polar surface area (TPSA) is 172 Å². The van der Waals surface area contributed by atoms with Crippen LogP contribution in [0.25, 0.3) is 0 Å². The van der Waals surface area contributed by atoms with Crippen LogP contribution in [-0.4, -0.2) is 54.9 Å². The monoisotopic (exact) mass is 432 g/mol. The molecule has 0 heterocycles. The van der Waals surface area contributed by atoms with Crippen LogP contribution < -0.4 is 22.1 Å². The van der Waals surface area contributed by atoms with E-state index < -0.39 is 17.6 Å². The number of nitrogens with two attached hydrogens (primary N) is 2. The summed E-state index contributed by atoms with van der Waals surface area (Å²) in [7, 11) is 0.518. The molecule has 0 bridgehead atoms. The smallest absolute Gasteiger partial charge is 0.486 e. The molecule has 0 saturated heterocycles. The number of aromatic hydroxyl groups is 1. The van der Waals surface area contributed by atoms with Crippen molar-refractivity contribution in [1.29, 1.82) is 0 Å². The number of nitrogens with one attached hydrogen (secondary N) is 2. The van der Waals surface area contributed by atoms with Gasteiger partial charge < -0.3 is 36.9 Å². The largest absolute Gasteiger partial charge is 0.508 e. The standard InChI is InChI=1S/C20H31BN5O5/c22-19(23)25-12-3-4-16(31-21-30)26-18(29)20(10-1-2-11-20)17(28)24-13-9-14-5-7-15(27)8-6-14/h5-8,16,27,30H,1-4,9-13H2,(H,24,28)(H,26,29)(H4,22,23,25)/t16-/m1/s1. The maximum atomic E-state index is 13.1. The molecule has 1 saturated carbocycles. The van der Waals surface area contributed by atoms with Crippen molar-refractivity contribution < 1.29 is 24.4 Å². The number of carbonyl (C=O) groups excluding carboxylic acids is 2. The summed E-state index contributed by atoms with van der Waals surface area (Å²) in [6.45, 7) is 0.730. The number of phenols is 1. The third kappa shape index (κ3) is 7.44. The normalized spacial score (nSPS) is 15.6. The van der Waals surface area contributed by atoms with E-state index in [2.05, 4.69) is 15.6 Å². The second-order valence-corrected chi connectivity index (χ2v) is 7.61. The zero-order chi connectivity index (χ0) is 22.7. The Bertz CT molecular complexity index is 749. The van der Waals surface area contributed by atoms with Gasteiger partial charge in [0.2, 0.25) is 11.8 Å². The van der Waals surface area contributed by atoms with Gasteiger partial charge in [0.1, 0.15) is 17.4 Å². The highest BCUT2D eigenvalue weighted by Gasteiger charge is 2.48. The van der Waals surface area contributed by atoms with Gasteiger partial charge >= 0.3 is 7.69 Å². The fourth-order valence-electron chi connectivity index (χ4n) is 3.70. The van der Waals surface area contributed by atoms with E-state index in [1.54, 1.807) is 24.3 Å². The van der Waals surface area contributed by atoms with E-state index in [1.165, 1.54) is 0 Å². The number of rotatable bonds is 12. The molecule has 0 aliphatic heterocycles. The number of benzene rings is 1. The third-order valence-electron chi connectivity index (χ3n) is 5.40. The fraction of sp³-hybridized carbons (Fsp3) is 0.550. The maximum absolute atomic E-state index is 13.1. The van der Waals surface area contributed by atoms with Gasteiger partial charge in [-0.25, -0.2) is 0 Å². The molecular formula is C20H31BN5O5. The van der Waals surface area contributed by atoms with Crippen LogP contribution >= 0.6 is 0 Å². The van der Waals surface area contributed by atoms with Crippen molar-refractivity contribution >= 4 is 25.5 Å². The first-order chi connectivity index (χ1) is 14.9. The van der Waals surface area contributed by atoms with Gasteiger partial charge in [0, 0.05) is 13.1 Å². The summed E-state index contributed by atoms with van der Waals surface area (Å²) in [5, 5.41) is 24.0. The highest BCUT2D eigenvalue weighted by molar-refractivity contribution is 6.16. The number of nitrogens with zero attached hydrogens (tertiary/aromatic N) is 1. The molecule has 1 fully saturated rings. The molecule has 11 heteroatoms. The van der Waals surface area contributed by atoms with E-state index >= 15 is 0 Å². The predicted molar refractivity (Wildman–Crippen MR) is 117 cm³/mol. The number of guanidine groups is 1. The zero-order valence-corrected chi connectivity index (χ0v) is 17.5. The van der Waals surface area contributed by atoms with Crippen molar-refractivity contribution in [2.24, 2.45) is 21.9 Å². The summed E-state index contributed by atoms with van der Waals surface area (Å²) in [4.78, 5) is 29.9. The Morgan fingerprint density at radius 3 is 2.48 bits per heavy atom. The number of hydrogen-bond acceptors (Lipinski definition) is 6. The molecule has 0 spiro atoms. The highest BCUT2D eigenvalue weighted by atomic mass is 16.5. The Morgan fingerprint density at radius 1 is 1.19 bits per heavy atom. The molecule has 1 aliphatic carbocycles. The lowest BCUT2D eigenvalue weighted by Crippen LogP contribution is -2.53. The lowest BCUT2D eigenvalue weighted by atomic mass is 9.83. The highest BCUT2D eigenvalue weighted by Crippen LogP contribution is 2.39. The number of phenolic OH excluding ortho intramolecular Hbond substituents is 1. The van der Waals surface area contributed by atoms with Crippen LogP contribution in [0.5, 0.6) is 5.75 Å². The van der Waals surface area contributed by atoms with E-state index in [4.69, 9.17) is 21.1 Å². The van der Waals surface area contributed by atoms with Gasteiger partial charge in [-0.1, -0.05) is 25.0 Å². The lowest BCUT2D eigenvalue weighted by Gasteiger charge is -2.29. The van der Waals surface area contributed by atoms with E-state index in [0.717, 1.165) is 18.4 Å². The average Bonchev–Trinajstić information content (AvgIpc) is 3.24. The maximum Gasteiger partial charge on any atom is 0.486 e. The Morgan fingerprint density at radius 2 is 1.87 bits per heavy atom. The molecule has 1 aromatic rings. The van der Waals surface area contributed by atoms with Gasteiger partial charge in [0.15, 0.2) is 5.96 Å². The molecule has 8 N–H and O–H groups in total. The quantitative estimate of drug-likeness (QED) is 0.0654. The first kappa shape index (κ1) is 24.5. The van der Waals surface area contributed by atoms with Crippen molar-refractivity contribution in [1.82, 2.24) is 10.6 Å². The number of carbonyl (C=O) groups is 2. The summed E-state index contributed by atoms with van der Waals surface area (Å²) < 4.78 is 5.09. The molecule has 10 nitrogen and oxygen atoms in total. The molecule has 1 radical (unpaired) electrons. The van der Waals surface area contributed by atoms with Crippen LogP contribution in [0.2, 0.25) is 0 Å². The minimum atomic E-state index is -1.16. The van der Waals surface area contributed by atoms with Crippen molar-refractivity contribution in [2.75, 3.05) is 13.1 Å². The van der Waals surface area contributed by atoms with Gasteiger partial charge in [0.25, 0.3) is 0 Å². The average molecular weight is 432 g/mol. The van der Waals surface area contributed by atoms with Crippen molar-refractivity contribution in [2.45, 2.75) is 51.2 Å². The first-order valence-electron chi connectivity index (χ1n) is 10.4. The molecule has 2 amide bonds. The van der Waals surface area contributed by atoms with Gasteiger partial charge in [-0.05, 0) is 49.8 Å². The first-order valence-corrected chi connectivity index (χ1v) is 10.4. The molecule has 0 unspecified atom stereocenters. The van der Waals surface area contributed by atoms with E-state index in [0.29, 0.717) is 52.9 Å². The number of amides is 2. The van der Waals surface area contributed by atoms with Gasteiger partial charge in [-0.15, -0.1) is 0 Å². The van der Waals surface area contributed by atoms with E-state index in [1.807, 2.05) is 0 Å². The van der Waals surface area contributed by atoms with Crippen molar-refractivity contribution in [3.8, 4) is 5.75 Å². The predicted octanol–water partition coefficient (Wildman–Crippen LogP) is -0.350. The Labute approximate surface area is 182 Å². The van der Waals surface area contributed by atoms with Crippen LogP contribution in [0.4, 0.5) is 0 Å². The molecule has 31 heavy (non-hydrogen) atoms. The fourth-order valence-corrected chi connectivity index (χ4v) is 3.70. The molecule has 169 valence electrons. The molecule has 1 aliphatic rings. The molecule has 0 aromatic heterocycles. The van der Waals surface area contributed by atoms with Crippen LogP contribution in [0, 0.1) is 5.41 Å². The van der Waals surface area contributed by atoms with Crippen LogP contribution in [-0.2, 0) is 20.7 Å². The van der Waals surface area contributed by atoms with Crippen molar-refractivity contribution in [3.05, 3.63) is 29.8 Å². The molecule has 2 rings (SSSR count). The van der Waals surface area contributed by atoms with E-state index in [9.17, 15) is 14.7 Å². The van der Waals surface area contributed by atoms with Crippen molar-refractivity contribution in [3.63, 3.8) is 0 Å². The minimum Gasteiger partial charge on any atom is -0.508 e. The number of hydrogen-bond donors (Lipinski definition) is 6. The van der Waals surface area contributed by atoms with Gasteiger partial charge in [-0.2, -0.15) is 0 Å². The Hall–Kier alpha value is -2.79.